The lowest BCUT2D eigenvalue weighted by atomic mass is 9.86. The molecule has 31 heavy (non-hydrogen) atoms. The lowest BCUT2D eigenvalue weighted by Crippen LogP contribution is -2.46. The number of amides is 1. The molecule has 2 heterocycles. The first-order valence-corrected chi connectivity index (χ1v) is 11.3. The van der Waals surface area contributed by atoms with Crippen molar-refractivity contribution in [2.75, 3.05) is 26.3 Å². The van der Waals surface area contributed by atoms with Crippen LogP contribution in [-0.4, -0.2) is 42.0 Å². The van der Waals surface area contributed by atoms with Gasteiger partial charge in [0.25, 0.3) is 0 Å². The lowest BCUT2D eigenvalue weighted by Gasteiger charge is -2.41. The molecular formula is C24H25N3O3S. The molecule has 0 saturated carbocycles. The number of carbonyl (C=O) groups excluding carboxylic acids is 1. The van der Waals surface area contributed by atoms with E-state index in [1.54, 1.807) is 23.8 Å². The van der Waals surface area contributed by atoms with Crippen LogP contribution < -0.4 is 9.47 Å². The molecule has 1 fully saturated rings. The zero-order chi connectivity index (χ0) is 21.8. The number of methoxy groups -OCH3 is 1. The van der Waals surface area contributed by atoms with Gasteiger partial charge >= 0.3 is 0 Å². The lowest BCUT2D eigenvalue weighted by molar-refractivity contribution is -0.131. The Hall–Kier alpha value is -2.95. The molecule has 0 aliphatic carbocycles. The summed E-state index contributed by atoms with van der Waals surface area (Å²) in [5.74, 6) is 2.20. The van der Waals surface area contributed by atoms with Gasteiger partial charge in [-0.1, -0.05) is 36.0 Å². The molecule has 1 atom stereocenters. The Labute approximate surface area is 187 Å². The number of ether oxygens (including phenoxy) is 2. The van der Waals surface area contributed by atoms with Crippen molar-refractivity contribution in [3.8, 4) is 17.6 Å². The second-order valence-corrected chi connectivity index (χ2v) is 8.44. The Morgan fingerprint density at radius 2 is 1.84 bits per heavy atom. The highest BCUT2D eigenvalue weighted by molar-refractivity contribution is 8.03. The number of benzene rings is 2. The molecular weight excluding hydrogens is 410 g/mol. The average molecular weight is 436 g/mol. The van der Waals surface area contributed by atoms with E-state index in [4.69, 9.17) is 9.47 Å². The molecule has 0 aromatic heterocycles. The largest absolute Gasteiger partial charge is 0.497 e. The highest BCUT2D eigenvalue weighted by atomic mass is 32.2. The van der Waals surface area contributed by atoms with Gasteiger partial charge in [0.15, 0.2) is 0 Å². The Bertz CT molecular complexity index is 1010. The predicted octanol–water partition coefficient (Wildman–Crippen LogP) is 4.31. The van der Waals surface area contributed by atoms with Crippen LogP contribution in [0.15, 0.2) is 59.1 Å². The molecule has 0 N–H and O–H groups in total. The van der Waals surface area contributed by atoms with Crippen molar-refractivity contribution < 1.29 is 14.3 Å². The third-order valence-electron chi connectivity index (χ3n) is 5.51. The second kappa shape index (κ2) is 9.46. The van der Waals surface area contributed by atoms with Crippen LogP contribution in [0.3, 0.4) is 0 Å². The van der Waals surface area contributed by atoms with Crippen LogP contribution in [0.4, 0.5) is 0 Å². The van der Waals surface area contributed by atoms with E-state index in [1.165, 1.54) is 0 Å². The van der Waals surface area contributed by atoms with Gasteiger partial charge in [-0.25, -0.2) is 0 Å². The molecule has 1 saturated heterocycles. The predicted molar refractivity (Wildman–Crippen MR) is 120 cm³/mol. The molecule has 1 amide bonds. The average Bonchev–Trinajstić information content (AvgIpc) is 2.80. The van der Waals surface area contributed by atoms with E-state index in [2.05, 4.69) is 11.0 Å². The van der Waals surface area contributed by atoms with Crippen LogP contribution in [0.25, 0.3) is 0 Å². The molecule has 0 bridgehead atoms. The highest BCUT2D eigenvalue weighted by Crippen LogP contribution is 2.42. The van der Waals surface area contributed by atoms with Crippen molar-refractivity contribution in [1.29, 1.82) is 5.26 Å². The second-order valence-electron chi connectivity index (χ2n) is 7.50. The van der Waals surface area contributed by atoms with Crippen molar-refractivity contribution in [1.82, 2.24) is 9.80 Å². The first kappa shape index (κ1) is 21.3. The van der Waals surface area contributed by atoms with Gasteiger partial charge in [-0.2, -0.15) is 5.26 Å². The Balaban J connectivity index is 1.52. The number of nitrogens with zero attached hydrogens (tertiary/aromatic N) is 3. The van der Waals surface area contributed by atoms with Gasteiger partial charge in [-0.05, 0) is 42.3 Å². The van der Waals surface area contributed by atoms with Crippen LogP contribution in [0.1, 0.15) is 30.4 Å². The molecule has 0 spiro atoms. The summed E-state index contributed by atoms with van der Waals surface area (Å²) in [6.45, 7) is 3.78. The van der Waals surface area contributed by atoms with E-state index >= 15 is 0 Å². The zero-order valence-corrected chi connectivity index (χ0v) is 18.5. The maximum atomic E-state index is 13.0. The Kier molecular flexibility index (Phi) is 6.50. The number of hydrogen-bond acceptors (Lipinski definition) is 6. The minimum Gasteiger partial charge on any atom is -0.497 e. The molecule has 6 nitrogen and oxygen atoms in total. The molecule has 7 heteroatoms. The zero-order valence-electron chi connectivity index (χ0n) is 17.7. The standard InChI is InChI=1S/C24H25N3O3S/c1-3-30-20-10-6-18(7-11-20)21-12-23(28)27-15-26(16-31-24(27)22(21)13-25)14-17-4-8-19(29-2)9-5-17/h4-11,21H,3,12,14-16H2,1-2H3. The molecule has 2 aromatic carbocycles. The normalized spacial score (nSPS) is 19.1. The van der Waals surface area contributed by atoms with Gasteiger partial charge < -0.3 is 9.47 Å². The van der Waals surface area contributed by atoms with Crippen molar-refractivity contribution in [3.63, 3.8) is 0 Å². The summed E-state index contributed by atoms with van der Waals surface area (Å²) in [4.78, 5) is 17.0. The van der Waals surface area contributed by atoms with E-state index in [0.29, 0.717) is 25.3 Å². The Morgan fingerprint density at radius 3 is 2.48 bits per heavy atom. The van der Waals surface area contributed by atoms with E-state index in [-0.39, 0.29) is 11.8 Å². The van der Waals surface area contributed by atoms with Crippen molar-refractivity contribution >= 4 is 17.7 Å². The third kappa shape index (κ3) is 4.55. The minimum atomic E-state index is -0.208. The number of hydrogen-bond donors (Lipinski definition) is 0. The van der Waals surface area contributed by atoms with E-state index in [9.17, 15) is 10.1 Å². The van der Waals surface area contributed by atoms with Gasteiger partial charge in [0.05, 0.1) is 42.9 Å². The monoisotopic (exact) mass is 435 g/mol. The van der Waals surface area contributed by atoms with Gasteiger partial charge in [0, 0.05) is 18.9 Å². The summed E-state index contributed by atoms with van der Waals surface area (Å²) < 4.78 is 10.7. The molecule has 2 aromatic rings. The molecule has 2 aliphatic heterocycles. The first-order valence-electron chi connectivity index (χ1n) is 10.3. The number of allylic oxidation sites excluding steroid dienone is 1. The smallest absolute Gasteiger partial charge is 0.229 e. The fraction of sp³-hybridized carbons (Fsp3) is 0.333. The van der Waals surface area contributed by atoms with Crippen LogP contribution >= 0.6 is 11.8 Å². The molecule has 1 unspecified atom stereocenters. The Morgan fingerprint density at radius 1 is 1.13 bits per heavy atom. The van der Waals surface area contributed by atoms with Crippen molar-refractivity contribution in [2.24, 2.45) is 0 Å². The highest BCUT2D eigenvalue weighted by Gasteiger charge is 2.38. The van der Waals surface area contributed by atoms with Crippen molar-refractivity contribution in [3.05, 3.63) is 70.3 Å². The number of fused-ring (bicyclic) bond motifs is 1. The molecule has 160 valence electrons. The maximum absolute atomic E-state index is 13.0. The van der Waals surface area contributed by atoms with Crippen LogP contribution in [0.2, 0.25) is 0 Å². The first-order chi connectivity index (χ1) is 15.1. The summed E-state index contributed by atoms with van der Waals surface area (Å²) in [7, 11) is 1.65. The van der Waals surface area contributed by atoms with Gasteiger partial charge in [0.2, 0.25) is 5.91 Å². The molecule has 4 rings (SSSR count). The van der Waals surface area contributed by atoms with Gasteiger partial charge in [-0.3, -0.25) is 14.6 Å². The minimum absolute atomic E-state index is 0.0554. The number of nitriles is 1. The topological polar surface area (TPSA) is 65.8 Å². The summed E-state index contributed by atoms with van der Waals surface area (Å²) in [5.41, 5.74) is 2.81. The van der Waals surface area contributed by atoms with Crippen LogP contribution in [-0.2, 0) is 11.3 Å². The summed E-state index contributed by atoms with van der Waals surface area (Å²) >= 11 is 1.57. The van der Waals surface area contributed by atoms with E-state index in [0.717, 1.165) is 40.1 Å². The number of rotatable bonds is 6. The maximum Gasteiger partial charge on any atom is 0.229 e. The number of thioether (sulfide) groups is 1. The van der Waals surface area contributed by atoms with E-state index in [1.807, 2.05) is 55.5 Å². The molecule has 2 aliphatic rings. The number of carbonyl (C=O) groups is 1. The van der Waals surface area contributed by atoms with Crippen LogP contribution in [0.5, 0.6) is 11.5 Å². The third-order valence-corrected chi connectivity index (χ3v) is 6.72. The fourth-order valence-electron chi connectivity index (χ4n) is 3.94. The van der Waals surface area contributed by atoms with Gasteiger partial charge in [-0.15, -0.1) is 0 Å². The van der Waals surface area contributed by atoms with Crippen molar-refractivity contribution in [2.45, 2.75) is 25.8 Å². The van der Waals surface area contributed by atoms with Crippen LogP contribution in [0, 0.1) is 11.3 Å². The summed E-state index contributed by atoms with van der Waals surface area (Å²) in [5, 5.41) is 10.7. The quantitative estimate of drug-likeness (QED) is 0.674. The fourth-order valence-corrected chi connectivity index (χ4v) is 5.08. The summed E-state index contributed by atoms with van der Waals surface area (Å²) in [6.07, 6.45) is 0.303. The van der Waals surface area contributed by atoms with E-state index < -0.39 is 0 Å². The summed E-state index contributed by atoms with van der Waals surface area (Å²) in [6, 6.07) is 18.1. The van der Waals surface area contributed by atoms with Gasteiger partial charge in [0.1, 0.15) is 11.5 Å². The molecule has 0 radical (unpaired) electrons. The SMILES string of the molecule is CCOc1ccc(C2CC(=O)N3CN(Cc4ccc(OC)cc4)CSC3=C2C#N)cc1.